The topological polar surface area (TPSA) is 12.0 Å². The predicted octanol–water partition coefficient (Wildman–Crippen LogP) is 3.38. The molecule has 1 aliphatic heterocycles. The van der Waals surface area contributed by atoms with Gasteiger partial charge in [-0.15, -0.1) is 0 Å². The van der Waals surface area contributed by atoms with E-state index in [9.17, 15) is 8.78 Å². The highest BCUT2D eigenvalue weighted by molar-refractivity contribution is 5.29. The zero-order chi connectivity index (χ0) is 12.4. The molecule has 2 rings (SSSR count). The molecule has 1 unspecified atom stereocenters. The highest BCUT2D eigenvalue weighted by Crippen LogP contribution is 2.24. The van der Waals surface area contributed by atoms with Crippen LogP contribution in [0.4, 0.5) is 8.78 Å². The lowest BCUT2D eigenvalue weighted by Gasteiger charge is -2.14. The highest BCUT2D eigenvalue weighted by Gasteiger charge is 2.18. The fourth-order valence-electron chi connectivity index (χ4n) is 2.41. The second kappa shape index (κ2) is 5.13. The van der Waals surface area contributed by atoms with Gasteiger partial charge in [-0.25, -0.2) is 8.78 Å². The Morgan fingerprint density at radius 1 is 1.29 bits per heavy atom. The van der Waals surface area contributed by atoms with Crippen molar-refractivity contribution in [1.29, 1.82) is 0 Å². The molecule has 0 saturated carbocycles. The number of hydrogen-bond donors (Lipinski definition) is 1. The Hall–Kier alpha value is -0.960. The molecule has 1 aromatic rings. The number of halogens is 2. The molecule has 17 heavy (non-hydrogen) atoms. The first-order chi connectivity index (χ1) is 8.08. The third kappa shape index (κ3) is 2.83. The molecule has 1 fully saturated rings. The maximum atomic E-state index is 13.7. The standard InChI is InChI=1S/C14H19F2N/c1-9(2)12-7-10(13(15)8-14(12)16)6-11-4-3-5-17-11/h7-9,11,17H,3-6H2,1-2H3. The van der Waals surface area contributed by atoms with E-state index in [0.717, 1.165) is 25.5 Å². The van der Waals surface area contributed by atoms with Gasteiger partial charge in [0.05, 0.1) is 0 Å². The summed E-state index contributed by atoms with van der Waals surface area (Å²) >= 11 is 0. The molecule has 3 heteroatoms. The SMILES string of the molecule is CC(C)c1cc(CC2CCCN2)c(F)cc1F. The molecule has 1 N–H and O–H groups in total. The van der Waals surface area contributed by atoms with Gasteiger partial charge in [-0.3, -0.25) is 0 Å². The summed E-state index contributed by atoms with van der Waals surface area (Å²) in [5.41, 5.74) is 1.24. The van der Waals surface area contributed by atoms with E-state index in [-0.39, 0.29) is 5.92 Å². The van der Waals surface area contributed by atoms with Crippen LogP contribution in [0.1, 0.15) is 43.7 Å². The van der Waals surface area contributed by atoms with E-state index < -0.39 is 11.6 Å². The van der Waals surface area contributed by atoms with Crippen molar-refractivity contribution in [1.82, 2.24) is 5.32 Å². The fourth-order valence-corrected chi connectivity index (χ4v) is 2.41. The van der Waals surface area contributed by atoms with Crippen molar-refractivity contribution < 1.29 is 8.78 Å². The largest absolute Gasteiger partial charge is 0.314 e. The maximum Gasteiger partial charge on any atom is 0.129 e. The Morgan fingerprint density at radius 3 is 2.65 bits per heavy atom. The predicted molar refractivity (Wildman–Crippen MR) is 65.2 cm³/mol. The van der Waals surface area contributed by atoms with E-state index in [4.69, 9.17) is 0 Å². The number of nitrogens with one attached hydrogen (secondary N) is 1. The second-order valence-electron chi connectivity index (χ2n) is 5.12. The highest BCUT2D eigenvalue weighted by atomic mass is 19.1. The van der Waals surface area contributed by atoms with Crippen LogP contribution >= 0.6 is 0 Å². The lowest BCUT2D eigenvalue weighted by atomic mass is 9.96. The van der Waals surface area contributed by atoms with E-state index in [1.165, 1.54) is 0 Å². The summed E-state index contributed by atoms with van der Waals surface area (Å²) in [5.74, 6) is -0.757. The van der Waals surface area contributed by atoms with Gasteiger partial charge in [0, 0.05) is 12.1 Å². The average molecular weight is 239 g/mol. The first kappa shape index (κ1) is 12.5. The van der Waals surface area contributed by atoms with Crippen LogP contribution in [-0.4, -0.2) is 12.6 Å². The molecule has 1 aromatic carbocycles. The Kier molecular flexibility index (Phi) is 3.77. The van der Waals surface area contributed by atoms with Gasteiger partial charge < -0.3 is 5.32 Å². The summed E-state index contributed by atoms with van der Waals surface area (Å²) in [6, 6.07) is 3.06. The van der Waals surface area contributed by atoms with Gasteiger partial charge >= 0.3 is 0 Å². The summed E-state index contributed by atoms with van der Waals surface area (Å²) in [6.07, 6.45) is 2.88. The third-order valence-corrected chi connectivity index (χ3v) is 3.42. The minimum absolute atomic E-state index is 0.0888. The van der Waals surface area contributed by atoms with Crippen LogP contribution in [0.2, 0.25) is 0 Å². The molecular weight excluding hydrogens is 220 g/mol. The van der Waals surface area contributed by atoms with Crippen molar-refractivity contribution in [2.75, 3.05) is 6.54 Å². The number of hydrogen-bond acceptors (Lipinski definition) is 1. The Morgan fingerprint density at radius 2 is 2.06 bits per heavy atom. The van der Waals surface area contributed by atoms with Gasteiger partial charge in [-0.2, -0.15) is 0 Å². The van der Waals surface area contributed by atoms with E-state index in [0.29, 0.717) is 23.6 Å². The average Bonchev–Trinajstić information content (AvgIpc) is 2.74. The van der Waals surface area contributed by atoms with Crippen molar-refractivity contribution in [3.63, 3.8) is 0 Å². The fraction of sp³-hybridized carbons (Fsp3) is 0.571. The summed E-state index contributed by atoms with van der Waals surface area (Å²) in [4.78, 5) is 0. The lowest BCUT2D eigenvalue weighted by molar-refractivity contribution is 0.535. The molecule has 94 valence electrons. The molecule has 1 saturated heterocycles. The van der Waals surface area contributed by atoms with Crippen LogP contribution in [0, 0.1) is 11.6 Å². The quantitative estimate of drug-likeness (QED) is 0.852. The van der Waals surface area contributed by atoms with E-state index in [2.05, 4.69) is 5.32 Å². The Bertz CT molecular complexity index is 395. The molecule has 0 aliphatic carbocycles. The maximum absolute atomic E-state index is 13.7. The normalized spacial score (nSPS) is 20.2. The summed E-state index contributed by atoms with van der Waals surface area (Å²) in [6.45, 7) is 4.85. The first-order valence-corrected chi connectivity index (χ1v) is 6.29. The molecule has 1 heterocycles. The van der Waals surface area contributed by atoms with Gasteiger partial charge in [0.2, 0.25) is 0 Å². The van der Waals surface area contributed by atoms with Crippen LogP contribution < -0.4 is 5.32 Å². The smallest absolute Gasteiger partial charge is 0.129 e. The van der Waals surface area contributed by atoms with Crippen LogP contribution in [0.25, 0.3) is 0 Å². The molecule has 1 atom stereocenters. The minimum atomic E-state index is -0.430. The molecular formula is C14H19F2N. The van der Waals surface area contributed by atoms with Crippen molar-refractivity contribution >= 4 is 0 Å². The minimum Gasteiger partial charge on any atom is -0.314 e. The summed E-state index contributed by atoms with van der Waals surface area (Å²) in [7, 11) is 0. The zero-order valence-corrected chi connectivity index (χ0v) is 10.4. The van der Waals surface area contributed by atoms with Crippen molar-refractivity contribution in [2.45, 2.75) is 45.1 Å². The van der Waals surface area contributed by atoms with Crippen molar-refractivity contribution in [3.8, 4) is 0 Å². The van der Waals surface area contributed by atoms with E-state index in [1.54, 1.807) is 6.07 Å². The number of rotatable bonds is 3. The molecule has 0 radical (unpaired) electrons. The molecule has 0 bridgehead atoms. The number of benzene rings is 1. The second-order valence-corrected chi connectivity index (χ2v) is 5.12. The van der Waals surface area contributed by atoms with Crippen LogP contribution in [-0.2, 0) is 6.42 Å². The summed E-state index contributed by atoms with van der Waals surface area (Å²) in [5, 5.41) is 3.34. The molecule has 0 aromatic heterocycles. The zero-order valence-electron chi connectivity index (χ0n) is 10.4. The van der Waals surface area contributed by atoms with Gasteiger partial charge in [-0.05, 0) is 48.9 Å². The van der Waals surface area contributed by atoms with Crippen LogP contribution in [0.15, 0.2) is 12.1 Å². The third-order valence-electron chi connectivity index (χ3n) is 3.42. The molecule has 1 aliphatic rings. The Labute approximate surface area is 101 Å². The van der Waals surface area contributed by atoms with E-state index in [1.807, 2.05) is 13.8 Å². The molecule has 0 amide bonds. The molecule has 1 nitrogen and oxygen atoms in total. The van der Waals surface area contributed by atoms with E-state index >= 15 is 0 Å². The van der Waals surface area contributed by atoms with Crippen LogP contribution in [0.5, 0.6) is 0 Å². The monoisotopic (exact) mass is 239 g/mol. The van der Waals surface area contributed by atoms with Crippen LogP contribution in [0.3, 0.4) is 0 Å². The van der Waals surface area contributed by atoms with Gasteiger partial charge in [0.1, 0.15) is 11.6 Å². The summed E-state index contributed by atoms with van der Waals surface area (Å²) < 4.78 is 27.2. The lowest BCUT2D eigenvalue weighted by Crippen LogP contribution is -2.24. The van der Waals surface area contributed by atoms with Crippen molar-refractivity contribution in [3.05, 3.63) is 34.9 Å². The molecule has 0 spiro atoms. The van der Waals surface area contributed by atoms with Gasteiger partial charge in [0.25, 0.3) is 0 Å². The van der Waals surface area contributed by atoms with Gasteiger partial charge in [0.15, 0.2) is 0 Å². The van der Waals surface area contributed by atoms with Crippen molar-refractivity contribution in [2.24, 2.45) is 0 Å². The van der Waals surface area contributed by atoms with Gasteiger partial charge in [-0.1, -0.05) is 13.8 Å². The first-order valence-electron chi connectivity index (χ1n) is 6.29. The Balaban J connectivity index is 2.23.